The molecule has 0 aliphatic heterocycles. The van der Waals surface area contributed by atoms with Crippen LogP contribution in [0.25, 0.3) is 0 Å². The van der Waals surface area contributed by atoms with E-state index >= 15 is 0 Å². The summed E-state index contributed by atoms with van der Waals surface area (Å²) in [6.07, 6.45) is -5.87. The van der Waals surface area contributed by atoms with Gasteiger partial charge < -0.3 is 99.4 Å². The Morgan fingerprint density at radius 1 is 0.586 bits per heavy atom. The first-order valence-corrected chi connectivity index (χ1v) is 29.8. The molecule has 0 aromatic heterocycles. The maximum atomic E-state index is 14.2. The van der Waals surface area contributed by atoms with Gasteiger partial charge >= 0.3 is 33.6 Å². The first kappa shape index (κ1) is 77.1. The number of phosphoric ester groups is 2. The molecule has 39 heteroatoms. The van der Waals surface area contributed by atoms with Crippen LogP contribution in [0.3, 0.4) is 0 Å². The second-order valence-electron chi connectivity index (χ2n) is 20.0. The van der Waals surface area contributed by atoms with Gasteiger partial charge in [-0.25, -0.2) is 13.9 Å². The Morgan fingerprint density at radius 2 is 1.10 bits per heavy atom. The van der Waals surface area contributed by atoms with Gasteiger partial charge in [-0.05, 0) is 70.1 Å². The zero-order valence-electron chi connectivity index (χ0n) is 48.2. The predicted octanol–water partition coefficient (Wildman–Crippen LogP) is -5.55. The van der Waals surface area contributed by atoms with Crippen LogP contribution in [0.4, 0.5) is 0 Å². The number of amides is 9. The van der Waals surface area contributed by atoms with Gasteiger partial charge in [-0.2, -0.15) is 0 Å². The number of carbonyl (C=O) groups excluding carboxylic acids is 9. The van der Waals surface area contributed by atoms with Gasteiger partial charge in [-0.15, -0.1) is 0 Å². The Balaban J connectivity index is 3.53. The number of phosphoric acid groups is 2. The highest BCUT2D eigenvalue weighted by molar-refractivity contribution is 7.46. The number of carboxylic acid groups (broad SMARTS) is 3. The molecule has 11 atom stereocenters. The van der Waals surface area contributed by atoms with Crippen LogP contribution in [-0.4, -0.2) is 197 Å². The molecule has 0 saturated carbocycles. The molecule has 0 unspecified atom stereocenters. The lowest BCUT2D eigenvalue weighted by Crippen LogP contribution is -2.61. The number of guanidine groups is 1. The van der Waals surface area contributed by atoms with Crippen LogP contribution in [0, 0.1) is 11.3 Å². The first-order valence-electron chi connectivity index (χ1n) is 26.7. The topological polar surface area (TPSA) is 615 Å². The Kier molecular flexibility index (Phi) is 32.8. The van der Waals surface area contributed by atoms with Crippen LogP contribution < -0.4 is 69.2 Å². The fourth-order valence-electron chi connectivity index (χ4n) is 7.65. The van der Waals surface area contributed by atoms with Crippen molar-refractivity contribution in [3.8, 4) is 5.75 Å². The molecule has 23 N–H and O–H groups in total. The zero-order valence-corrected chi connectivity index (χ0v) is 50.0. The number of carboxylic acids is 3. The number of unbranched alkanes of at least 4 members (excludes halogenated alkanes) is 1. The second kappa shape index (κ2) is 37.0. The molecule has 9 amide bonds. The molecular formula is C48H79N13O24P2. The van der Waals surface area contributed by atoms with E-state index in [4.69, 9.17) is 22.0 Å². The Labute approximate surface area is 497 Å². The van der Waals surface area contributed by atoms with E-state index in [9.17, 15) is 102 Å². The van der Waals surface area contributed by atoms with Crippen LogP contribution in [-0.2, 0) is 77.6 Å². The molecule has 0 saturated heterocycles. The minimum Gasteiger partial charge on any atom is -0.481 e. The quantitative estimate of drug-likeness (QED) is 0.0126. The van der Waals surface area contributed by atoms with E-state index < -0.39 is 191 Å². The summed E-state index contributed by atoms with van der Waals surface area (Å²) in [6.45, 7) is 6.82. The summed E-state index contributed by atoms with van der Waals surface area (Å²) in [5.41, 5.74) is 11.0. The molecule has 0 fully saturated rings. The average molecular weight is 1280 g/mol. The fourth-order valence-corrected chi connectivity index (χ4v) is 8.60. The highest BCUT2D eigenvalue weighted by Crippen LogP contribution is 2.38. The Hall–Kier alpha value is -7.89. The molecule has 37 nitrogen and oxygen atoms in total. The number of aliphatic hydroxyl groups excluding tert-OH is 1. The first-order chi connectivity index (χ1) is 40.2. The predicted molar refractivity (Wildman–Crippen MR) is 299 cm³/mol. The third-order valence-corrected chi connectivity index (χ3v) is 13.2. The van der Waals surface area contributed by atoms with Crippen molar-refractivity contribution in [1.29, 1.82) is 5.41 Å². The minimum atomic E-state index is -5.47. The second-order valence-corrected chi connectivity index (χ2v) is 22.4. The van der Waals surface area contributed by atoms with Gasteiger partial charge in [0.2, 0.25) is 53.2 Å². The molecule has 0 radical (unpaired) electrons. The van der Waals surface area contributed by atoms with E-state index in [0.717, 1.165) is 32.9 Å². The zero-order chi connectivity index (χ0) is 66.7. The lowest BCUT2D eigenvalue weighted by molar-refractivity contribution is -0.143. The summed E-state index contributed by atoms with van der Waals surface area (Å²) in [7, 11) is -10.5. The number of hydrogen-bond acceptors (Lipinski definition) is 19. The lowest BCUT2D eigenvalue weighted by atomic mass is 10.0. The van der Waals surface area contributed by atoms with Gasteiger partial charge in [0.1, 0.15) is 54.1 Å². The molecule has 0 heterocycles. The Bertz CT molecular complexity index is 2690. The monoisotopic (exact) mass is 1280 g/mol. The molecule has 0 aliphatic rings. The molecule has 490 valence electrons. The van der Waals surface area contributed by atoms with Crippen molar-refractivity contribution in [2.45, 2.75) is 166 Å². The highest BCUT2D eigenvalue weighted by atomic mass is 31.2. The van der Waals surface area contributed by atoms with Crippen LogP contribution in [0.1, 0.15) is 98.5 Å². The van der Waals surface area contributed by atoms with Crippen molar-refractivity contribution in [2.75, 3.05) is 13.1 Å². The number of nitrogens with one attached hydrogen (secondary N) is 11. The van der Waals surface area contributed by atoms with Gasteiger partial charge in [-0.3, -0.25) is 72.5 Å². The van der Waals surface area contributed by atoms with E-state index in [1.165, 1.54) is 26.0 Å². The molecule has 0 bridgehead atoms. The molecule has 1 aromatic rings. The summed E-state index contributed by atoms with van der Waals surface area (Å²) in [6, 6.07) is -10.5. The van der Waals surface area contributed by atoms with Gasteiger partial charge in [0.15, 0.2) is 5.96 Å². The van der Waals surface area contributed by atoms with Gasteiger partial charge in [0, 0.05) is 19.4 Å². The van der Waals surface area contributed by atoms with Gasteiger partial charge in [0.25, 0.3) is 0 Å². The smallest absolute Gasteiger partial charge is 0.481 e. The number of nitrogens with two attached hydrogens (primary N) is 2. The Morgan fingerprint density at radius 3 is 1.62 bits per heavy atom. The summed E-state index contributed by atoms with van der Waals surface area (Å²) in [5.74, 6) is -16.3. The van der Waals surface area contributed by atoms with Gasteiger partial charge in [-0.1, -0.05) is 45.7 Å². The summed E-state index contributed by atoms with van der Waals surface area (Å²) < 4.78 is 32.7. The summed E-state index contributed by atoms with van der Waals surface area (Å²) >= 11 is 0. The van der Waals surface area contributed by atoms with Crippen molar-refractivity contribution < 1.29 is 116 Å². The highest BCUT2D eigenvalue weighted by Gasteiger charge is 2.38. The van der Waals surface area contributed by atoms with Crippen molar-refractivity contribution >= 4 is 92.7 Å². The number of hydrogen-bond donors (Lipinski definition) is 21. The minimum absolute atomic E-state index is 0.0839. The van der Waals surface area contributed by atoms with E-state index in [2.05, 4.69) is 62.2 Å². The summed E-state index contributed by atoms with van der Waals surface area (Å²) in [5, 5.41) is 68.4. The van der Waals surface area contributed by atoms with Crippen molar-refractivity contribution in [1.82, 2.24) is 53.2 Å². The molecule has 0 aliphatic carbocycles. The number of carbonyl (C=O) groups is 12. The molecule has 1 aromatic carbocycles. The van der Waals surface area contributed by atoms with Crippen molar-refractivity contribution in [2.24, 2.45) is 17.4 Å². The maximum Gasteiger partial charge on any atom is 0.524 e. The van der Waals surface area contributed by atoms with Crippen molar-refractivity contribution in [3.63, 3.8) is 0 Å². The van der Waals surface area contributed by atoms with E-state index in [1.807, 2.05) is 0 Å². The maximum absolute atomic E-state index is 14.2. The van der Waals surface area contributed by atoms with Crippen LogP contribution in [0.2, 0.25) is 0 Å². The number of aliphatic carboxylic acids is 3. The summed E-state index contributed by atoms with van der Waals surface area (Å²) in [4.78, 5) is 194. The van der Waals surface area contributed by atoms with E-state index in [-0.39, 0.29) is 49.5 Å². The standard InChI is InChI=1S/C48H79N13O24P2/c1-7-8-10-29(57-41(70)30(16-17-34(64)65)56-40(69)28(49)20-35(66)67)42(71)61-38(25(6)84-86(78,79)80)44(73)53-21-33(63)55-32(19-26-12-14-27(15-13-26)85-87(81,82)83)43(72)59-36(22(2)3)45(74)54-23(4)39(68)60-37(24(5)62)46(75)58-31(47(76)77)11-9-18-52-48(50)51/h12-15,22-25,28-32,36-38,62H,7-11,16-21,49H2,1-6H3,(H,53,73)(H,54,74)(H,55,63)(H,56,69)(H,57,70)(H,58,75)(H,59,72)(H,60,68)(H,61,71)(H,64,65)(H,66,67)(H,76,77)(H4,50,51,52)(H2,78,79,80)(H2,81,82,83)/t23-,24+,25+,28-,29-,30-,31-,32-,36-,37-,38-/m0/s1. The van der Waals surface area contributed by atoms with E-state index in [1.54, 1.807) is 6.92 Å². The average Bonchev–Trinajstić information content (AvgIpc) is 3.61. The third kappa shape index (κ3) is 30.8. The lowest BCUT2D eigenvalue weighted by Gasteiger charge is -2.28. The third-order valence-electron chi connectivity index (χ3n) is 12.2. The van der Waals surface area contributed by atoms with E-state index in [0.29, 0.717) is 6.42 Å². The van der Waals surface area contributed by atoms with Crippen LogP contribution in [0.15, 0.2) is 24.3 Å². The molecule has 87 heavy (non-hydrogen) atoms. The fraction of sp³-hybridized carbons (Fsp3) is 0.604. The van der Waals surface area contributed by atoms with Crippen LogP contribution >= 0.6 is 15.6 Å². The number of benzene rings is 1. The molecular weight excluding hydrogens is 1200 g/mol. The molecule has 0 spiro atoms. The largest absolute Gasteiger partial charge is 0.524 e. The SMILES string of the molecule is CCCC[C@H](NC(=O)[C@H](CCC(=O)O)NC(=O)[C@@H](N)CC(=O)O)C(=O)N[C@H](C(=O)NCC(=O)N[C@@H](Cc1ccc(OP(=O)(O)O)cc1)C(=O)N[C@H](C(=O)N[C@@H](C)C(=O)N[C@H](C(=O)N[C@@H](CCCNC(=N)N)C(=O)O)[C@@H](C)O)C(C)C)[C@@H](C)OP(=O)(O)O. The van der Waals surface area contributed by atoms with Gasteiger partial charge in [0.05, 0.1) is 31.2 Å². The van der Waals surface area contributed by atoms with Crippen molar-refractivity contribution in [3.05, 3.63) is 29.8 Å². The number of aliphatic hydroxyl groups is 1. The van der Waals surface area contributed by atoms with Crippen LogP contribution in [0.5, 0.6) is 5.75 Å². The number of rotatable bonds is 40. The molecule has 1 rings (SSSR count). The normalized spacial score (nSPS) is 15.2.